The van der Waals surface area contributed by atoms with Crippen molar-refractivity contribution in [3.05, 3.63) is 59.7 Å². The quantitative estimate of drug-likeness (QED) is 0.823. The Hall–Kier alpha value is -2.49. The van der Waals surface area contributed by atoms with E-state index in [4.69, 9.17) is 9.47 Å². The summed E-state index contributed by atoms with van der Waals surface area (Å²) >= 11 is 0. The first-order valence-corrected chi connectivity index (χ1v) is 7.15. The maximum atomic E-state index is 12.1. The van der Waals surface area contributed by atoms with Gasteiger partial charge in [0.2, 0.25) is 0 Å². The van der Waals surface area contributed by atoms with E-state index in [0.29, 0.717) is 12.3 Å². The average Bonchev–Trinajstić information content (AvgIpc) is 2.53. The molecule has 0 aliphatic carbocycles. The lowest BCUT2D eigenvalue weighted by Gasteiger charge is -2.18. The summed E-state index contributed by atoms with van der Waals surface area (Å²) in [5, 5.41) is 0. The van der Waals surface area contributed by atoms with Gasteiger partial charge >= 0.3 is 0 Å². The first-order valence-electron chi connectivity index (χ1n) is 7.15. The number of rotatable bonds is 6. The Bertz CT molecular complexity index is 622. The number of amides is 1. The van der Waals surface area contributed by atoms with Gasteiger partial charge in [-0.05, 0) is 42.3 Å². The van der Waals surface area contributed by atoms with E-state index in [9.17, 15) is 4.79 Å². The topological polar surface area (TPSA) is 38.8 Å². The number of hydrogen-bond donors (Lipinski definition) is 0. The predicted octanol–water partition coefficient (Wildman–Crippen LogP) is 3.04. The molecular formula is C18H21NO3. The molecule has 0 unspecified atom stereocenters. The Morgan fingerprint density at radius 2 is 1.82 bits per heavy atom. The van der Waals surface area contributed by atoms with E-state index in [0.717, 1.165) is 16.9 Å². The number of likely N-dealkylation sites (N-methyl/N-ethyl adjacent to an activating group) is 1. The van der Waals surface area contributed by atoms with Gasteiger partial charge in [0.05, 0.1) is 7.11 Å². The lowest BCUT2D eigenvalue weighted by molar-refractivity contribution is -0.132. The van der Waals surface area contributed by atoms with Crippen LogP contribution in [0.25, 0.3) is 0 Å². The summed E-state index contributed by atoms with van der Waals surface area (Å²) in [7, 11) is 3.40. The van der Waals surface area contributed by atoms with Crippen LogP contribution >= 0.6 is 0 Å². The van der Waals surface area contributed by atoms with Crippen LogP contribution in [0.1, 0.15) is 11.1 Å². The van der Waals surface area contributed by atoms with Gasteiger partial charge in [0.1, 0.15) is 11.5 Å². The third-order valence-corrected chi connectivity index (χ3v) is 3.36. The SMILES string of the molecule is COc1ccc(CN(C)C(=O)COc2cccc(C)c2)cc1. The summed E-state index contributed by atoms with van der Waals surface area (Å²) in [6.45, 7) is 2.57. The van der Waals surface area contributed by atoms with Crippen molar-refractivity contribution < 1.29 is 14.3 Å². The fourth-order valence-electron chi connectivity index (χ4n) is 2.05. The van der Waals surface area contributed by atoms with E-state index in [1.165, 1.54) is 0 Å². The van der Waals surface area contributed by atoms with Crippen molar-refractivity contribution in [2.45, 2.75) is 13.5 Å². The van der Waals surface area contributed by atoms with Crippen LogP contribution < -0.4 is 9.47 Å². The monoisotopic (exact) mass is 299 g/mol. The van der Waals surface area contributed by atoms with Crippen molar-refractivity contribution in [1.29, 1.82) is 0 Å². The van der Waals surface area contributed by atoms with Crippen molar-refractivity contribution in [1.82, 2.24) is 4.90 Å². The maximum absolute atomic E-state index is 12.1. The average molecular weight is 299 g/mol. The molecule has 2 aromatic rings. The third-order valence-electron chi connectivity index (χ3n) is 3.36. The summed E-state index contributed by atoms with van der Waals surface area (Å²) in [4.78, 5) is 13.8. The Labute approximate surface area is 131 Å². The number of carbonyl (C=O) groups excluding carboxylic acids is 1. The molecule has 0 bridgehead atoms. The largest absolute Gasteiger partial charge is 0.497 e. The Balaban J connectivity index is 1.86. The zero-order chi connectivity index (χ0) is 15.9. The number of benzene rings is 2. The Morgan fingerprint density at radius 1 is 1.09 bits per heavy atom. The lowest BCUT2D eigenvalue weighted by atomic mass is 10.2. The Kier molecular flexibility index (Phi) is 5.42. The fraction of sp³-hybridized carbons (Fsp3) is 0.278. The number of nitrogens with zero attached hydrogens (tertiary/aromatic N) is 1. The fourth-order valence-corrected chi connectivity index (χ4v) is 2.05. The van der Waals surface area contributed by atoms with Gasteiger partial charge in [-0.1, -0.05) is 24.3 Å². The molecule has 4 heteroatoms. The van der Waals surface area contributed by atoms with Crippen LogP contribution in [0.2, 0.25) is 0 Å². The molecule has 2 rings (SSSR count). The number of carbonyl (C=O) groups is 1. The van der Waals surface area contributed by atoms with Gasteiger partial charge in [0.25, 0.3) is 5.91 Å². The van der Waals surface area contributed by atoms with Crippen LogP contribution in [0.3, 0.4) is 0 Å². The standard InChI is InChI=1S/C18H21NO3/c1-14-5-4-6-17(11-14)22-13-18(20)19(2)12-15-7-9-16(21-3)10-8-15/h4-11H,12-13H2,1-3H3. The van der Waals surface area contributed by atoms with E-state index in [1.807, 2.05) is 55.5 Å². The van der Waals surface area contributed by atoms with Gasteiger partial charge < -0.3 is 14.4 Å². The van der Waals surface area contributed by atoms with Crippen LogP contribution in [0.4, 0.5) is 0 Å². The molecule has 0 aliphatic rings. The molecular weight excluding hydrogens is 278 g/mol. The second kappa shape index (κ2) is 7.50. The minimum Gasteiger partial charge on any atom is -0.497 e. The smallest absolute Gasteiger partial charge is 0.260 e. The molecule has 0 N–H and O–H groups in total. The molecule has 22 heavy (non-hydrogen) atoms. The van der Waals surface area contributed by atoms with E-state index in [2.05, 4.69) is 0 Å². The van der Waals surface area contributed by atoms with Crippen LogP contribution in [0, 0.1) is 6.92 Å². The molecule has 0 fully saturated rings. The predicted molar refractivity (Wildman–Crippen MR) is 86.1 cm³/mol. The zero-order valence-electron chi connectivity index (χ0n) is 13.2. The van der Waals surface area contributed by atoms with Gasteiger partial charge in [0, 0.05) is 13.6 Å². The van der Waals surface area contributed by atoms with Gasteiger partial charge in [-0.25, -0.2) is 0 Å². The van der Waals surface area contributed by atoms with Crippen molar-refractivity contribution >= 4 is 5.91 Å². The first-order chi connectivity index (χ1) is 10.6. The summed E-state index contributed by atoms with van der Waals surface area (Å²) in [5.41, 5.74) is 2.16. The summed E-state index contributed by atoms with van der Waals surface area (Å²) in [6.07, 6.45) is 0. The minimum absolute atomic E-state index is 0.0378. The van der Waals surface area contributed by atoms with E-state index in [-0.39, 0.29) is 12.5 Å². The van der Waals surface area contributed by atoms with Gasteiger partial charge in [-0.15, -0.1) is 0 Å². The molecule has 0 heterocycles. The minimum atomic E-state index is -0.0580. The summed E-state index contributed by atoms with van der Waals surface area (Å²) in [6, 6.07) is 15.3. The highest BCUT2D eigenvalue weighted by Gasteiger charge is 2.10. The van der Waals surface area contributed by atoms with Gasteiger partial charge in [-0.2, -0.15) is 0 Å². The van der Waals surface area contributed by atoms with Gasteiger partial charge in [0.15, 0.2) is 6.61 Å². The van der Waals surface area contributed by atoms with Crippen LogP contribution in [0.5, 0.6) is 11.5 Å². The lowest BCUT2D eigenvalue weighted by Crippen LogP contribution is -2.30. The van der Waals surface area contributed by atoms with Crippen molar-refractivity contribution in [2.24, 2.45) is 0 Å². The van der Waals surface area contributed by atoms with Crippen molar-refractivity contribution in [3.63, 3.8) is 0 Å². The first kappa shape index (κ1) is 15.9. The summed E-state index contributed by atoms with van der Waals surface area (Å²) in [5.74, 6) is 1.46. The molecule has 0 saturated carbocycles. The zero-order valence-corrected chi connectivity index (χ0v) is 13.2. The molecule has 0 saturated heterocycles. The molecule has 0 aliphatic heterocycles. The normalized spacial score (nSPS) is 10.1. The molecule has 0 radical (unpaired) electrons. The molecule has 0 aromatic heterocycles. The number of methoxy groups -OCH3 is 1. The van der Waals surface area contributed by atoms with Crippen LogP contribution in [0.15, 0.2) is 48.5 Å². The number of aryl methyl sites for hydroxylation is 1. The van der Waals surface area contributed by atoms with Crippen molar-refractivity contribution in [2.75, 3.05) is 20.8 Å². The maximum Gasteiger partial charge on any atom is 0.260 e. The highest BCUT2D eigenvalue weighted by atomic mass is 16.5. The van der Waals surface area contributed by atoms with E-state index >= 15 is 0 Å². The highest BCUT2D eigenvalue weighted by Crippen LogP contribution is 2.14. The Morgan fingerprint density at radius 3 is 2.45 bits per heavy atom. The second-order valence-corrected chi connectivity index (χ2v) is 5.20. The molecule has 4 nitrogen and oxygen atoms in total. The molecule has 116 valence electrons. The van der Waals surface area contributed by atoms with E-state index in [1.54, 1.807) is 19.1 Å². The summed E-state index contributed by atoms with van der Waals surface area (Å²) < 4.78 is 10.7. The molecule has 2 aromatic carbocycles. The molecule has 0 spiro atoms. The van der Waals surface area contributed by atoms with Crippen LogP contribution in [-0.2, 0) is 11.3 Å². The van der Waals surface area contributed by atoms with Crippen molar-refractivity contribution in [3.8, 4) is 11.5 Å². The molecule has 1 amide bonds. The third kappa shape index (κ3) is 4.52. The van der Waals surface area contributed by atoms with Gasteiger partial charge in [-0.3, -0.25) is 4.79 Å². The second-order valence-electron chi connectivity index (χ2n) is 5.20. The number of ether oxygens (including phenoxy) is 2. The highest BCUT2D eigenvalue weighted by molar-refractivity contribution is 5.77. The number of hydrogen-bond acceptors (Lipinski definition) is 3. The van der Waals surface area contributed by atoms with Crippen LogP contribution in [-0.4, -0.2) is 31.6 Å². The molecule has 0 atom stereocenters. The van der Waals surface area contributed by atoms with E-state index < -0.39 is 0 Å².